The third-order valence-corrected chi connectivity index (χ3v) is 5.84. The highest BCUT2D eigenvalue weighted by Crippen LogP contribution is 2.41. The molecule has 0 saturated heterocycles. The first-order chi connectivity index (χ1) is 14.5. The van der Waals surface area contributed by atoms with Crippen molar-refractivity contribution in [3.63, 3.8) is 0 Å². The summed E-state index contributed by atoms with van der Waals surface area (Å²) in [6, 6.07) is 13.5. The molecule has 0 radical (unpaired) electrons. The normalized spacial score (nSPS) is 14.9. The number of amides is 1. The van der Waals surface area contributed by atoms with E-state index in [2.05, 4.69) is 16.3 Å². The third-order valence-electron chi connectivity index (χ3n) is 4.84. The molecule has 1 aromatic heterocycles. The van der Waals surface area contributed by atoms with Crippen LogP contribution in [0.15, 0.2) is 36.4 Å². The number of carbonyl (C=O) groups excluding carboxylic acids is 1. The number of fused-ring (bicyclic) bond motifs is 1. The van der Waals surface area contributed by atoms with Crippen LogP contribution in [0, 0.1) is 11.3 Å². The van der Waals surface area contributed by atoms with Crippen LogP contribution in [-0.2, 0) is 11.2 Å². The predicted octanol–water partition coefficient (Wildman–Crippen LogP) is 4.61. The lowest BCUT2D eigenvalue weighted by atomic mass is 10.0. The van der Waals surface area contributed by atoms with Crippen LogP contribution < -0.4 is 10.5 Å². The lowest BCUT2D eigenvalue weighted by Crippen LogP contribution is -2.15. The van der Waals surface area contributed by atoms with Gasteiger partial charge in [-0.05, 0) is 56.0 Å². The van der Waals surface area contributed by atoms with E-state index in [1.165, 1.54) is 11.3 Å². The van der Waals surface area contributed by atoms with Crippen LogP contribution in [-0.4, -0.2) is 22.4 Å². The Hall–Kier alpha value is -3.44. The van der Waals surface area contributed by atoms with Crippen LogP contribution in [0.5, 0.6) is 5.75 Å². The quantitative estimate of drug-likeness (QED) is 0.645. The van der Waals surface area contributed by atoms with E-state index in [9.17, 15) is 10.1 Å². The Morgan fingerprint density at radius 1 is 1.27 bits per heavy atom. The fourth-order valence-electron chi connectivity index (χ4n) is 3.64. The van der Waals surface area contributed by atoms with E-state index in [0.29, 0.717) is 17.7 Å². The van der Waals surface area contributed by atoms with Gasteiger partial charge in [0.25, 0.3) is 0 Å². The fourth-order valence-corrected chi connectivity index (χ4v) is 4.53. The van der Waals surface area contributed by atoms with Crippen molar-refractivity contribution in [1.82, 2.24) is 10.2 Å². The number of nitriles is 1. The SMILES string of the molecule is CC(C)Oc1ccc(-c2nnc(-c3cccc4c3CCC4OC(N)=O)s2)cc1C#N. The second-order valence-electron chi connectivity index (χ2n) is 7.24. The summed E-state index contributed by atoms with van der Waals surface area (Å²) in [6.07, 6.45) is 0.368. The highest BCUT2D eigenvalue weighted by molar-refractivity contribution is 7.17. The number of benzene rings is 2. The van der Waals surface area contributed by atoms with Crippen molar-refractivity contribution in [3.05, 3.63) is 53.1 Å². The van der Waals surface area contributed by atoms with Gasteiger partial charge in [-0.15, -0.1) is 10.2 Å². The van der Waals surface area contributed by atoms with Crippen molar-refractivity contribution in [1.29, 1.82) is 5.26 Å². The summed E-state index contributed by atoms with van der Waals surface area (Å²) in [7, 11) is 0. The van der Waals surface area contributed by atoms with Gasteiger partial charge in [-0.1, -0.05) is 29.5 Å². The van der Waals surface area contributed by atoms with Crippen LogP contribution >= 0.6 is 11.3 Å². The Morgan fingerprint density at radius 3 is 2.80 bits per heavy atom. The van der Waals surface area contributed by atoms with E-state index in [1.54, 1.807) is 12.1 Å². The van der Waals surface area contributed by atoms with Gasteiger partial charge >= 0.3 is 6.09 Å². The molecule has 2 aromatic carbocycles. The molecule has 0 bridgehead atoms. The molecular formula is C22H20N4O3S. The molecule has 8 heteroatoms. The Labute approximate surface area is 178 Å². The van der Waals surface area contributed by atoms with Crippen molar-refractivity contribution in [2.75, 3.05) is 0 Å². The summed E-state index contributed by atoms with van der Waals surface area (Å²) in [5.74, 6) is 0.558. The van der Waals surface area contributed by atoms with Crippen molar-refractivity contribution < 1.29 is 14.3 Å². The van der Waals surface area contributed by atoms with Gasteiger partial charge < -0.3 is 15.2 Å². The number of hydrogen-bond donors (Lipinski definition) is 1. The van der Waals surface area contributed by atoms with Crippen molar-refractivity contribution >= 4 is 17.4 Å². The van der Waals surface area contributed by atoms with E-state index >= 15 is 0 Å². The van der Waals surface area contributed by atoms with E-state index < -0.39 is 6.09 Å². The number of aromatic nitrogens is 2. The van der Waals surface area contributed by atoms with Gasteiger partial charge in [-0.3, -0.25) is 0 Å². The van der Waals surface area contributed by atoms with E-state index in [4.69, 9.17) is 15.2 Å². The largest absolute Gasteiger partial charge is 0.490 e. The Morgan fingerprint density at radius 2 is 2.07 bits per heavy atom. The molecule has 152 valence electrons. The molecule has 0 saturated carbocycles. The minimum Gasteiger partial charge on any atom is -0.490 e. The molecule has 0 spiro atoms. The summed E-state index contributed by atoms with van der Waals surface area (Å²) in [5.41, 5.74) is 9.51. The molecule has 0 fully saturated rings. The average molecular weight is 420 g/mol. The predicted molar refractivity (Wildman–Crippen MR) is 113 cm³/mol. The maximum Gasteiger partial charge on any atom is 0.405 e. The summed E-state index contributed by atoms with van der Waals surface area (Å²) in [6.45, 7) is 3.84. The Balaban J connectivity index is 1.66. The van der Waals surface area contributed by atoms with Crippen LogP contribution in [0.25, 0.3) is 21.1 Å². The van der Waals surface area contributed by atoms with Gasteiger partial charge in [0.05, 0.1) is 11.7 Å². The number of carbonyl (C=O) groups is 1. The van der Waals surface area contributed by atoms with Crippen molar-refractivity contribution in [3.8, 4) is 33.0 Å². The fraction of sp³-hybridized carbons (Fsp3) is 0.273. The minimum absolute atomic E-state index is 0.0152. The molecule has 3 aromatic rings. The molecule has 1 amide bonds. The molecule has 1 heterocycles. The number of nitrogens with zero attached hydrogens (tertiary/aromatic N) is 3. The summed E-state index contributed by atoms with van der Waals surface area (Å²) in [4.78, 5) is 11.2. The molecule has 1 aliphatic carbocycles. The highest BCUT2D eigenvalue weighted by Gasteiger charge is 2.28. The monoisotopic (exact) mass is 420 g/mol. The molecule has 30 heavy (non-hydrogen) atoms. The number of hydrogen-bond acceptors (Lipinski definition) is 7. The molecule has 7 nitrogen and oxygen atoms in total. The van der Waals surface area contributed by atoms with Gasteiger partial charge in [-0.2, -0.15) is 5.26 Å². The molecule has 1 aliphatic rings. The summed E-state index contributed by atoms with van der Waals surface area (Å²) < 4.78 is 10.9. The van der Waals surface area contributed by atoms with Crippen molar-refractivity contribution in [2.45, 2.75) is 38.9 Å². The maximum atomic E-state index is 11.2. The van der Waals surface area contributed by atoms with Gasteiger partial charge in [0.1, 0.15) is 27.9 Å². The zero-order valence-corrected chi connectivity index (χ0v) is 17.4. The van der Waals surface area contributed by atoms with Gasteiger partial charge in [0.2, 0.25) is 0 Å². The smallest absolute Gasteiger partial charge is 0.405 e. The highest BCUT2D eigenvalue weighted by atomic mass is 32.1. The number of ether oxygens (including phenoxy) is 2. The molecule has 4 rings (SSSR count). The zero-order valence-electron chi connectivity index (χ0n) is 16.6. The molecule has 2 N–H and O–H groups in total. The first kappa shape index (κ1) is 19.9. The van der Waals surface area contributed by atoms with E-state index in [1.807, 2.05) is 38.1 Å². The van der Waals surface area contributed by atoms with Crippen LogP contribution in [0.1, 0.15) is 43.1 Å². The minimum atomic E-state index is -0.769. The summed E-state index contributed by atoms with van der Waals surface area (Å²) >= 11 is 1.45. The van der Waals surface area contributed by atoms with Gasteiger partial charge in [0, 0.05) is 11.1 Å². The van der Waals surface area contributed by atoms with Crippen LogP contribution in [0.2, 0.25) is 0 Å². The summed E-state index contributed by atoms with van der Waals surface area (Å²) in [5, 5.41) is 19.7. The van der Waals surface area contributed by atoms with Crippen molar-refractivity contribution in [2.24, 2.45) is 5.73 Å². The first-order valence-electron chi connectivity index (χ1n) is 9.59. The number of nitrogens with two attached hydrogens (primary N) is 1. The molecular weight excluding hydrogens is 400 g/mol. The zero-order chi connectivity index (χ0) is 21.3. The lowest BCUT2D eigenvalue weighted by Gasteiger charge is -2.12. The molecule has 1 unspecified atom stereocenters. The second kappa shape index (κ2) is 8.13. The van der Waals surface area contributed by atoms with Gasteiger partial charge in [-0.25, -0.2) is 4.79 Å². The van der Waals surface area contributed by atoms with E-state index in [-0.39, 0.29) is 12.2 Å². The average Bonchev–Trinajstić information content (AvgIpc) is 3.35. The molecule has 1 atom stereocenters. The number of primary amides is 1. The number of rotatable bonds is 5. The molecule has 0 aliphatic heterocycles. The third kappa shape index (κ3) is 3.84. The topological polar surface area (TPSA) is 111 Å². The van der Waals surface area contributed by atoms with Crippen LogP contribution in [0.3, 0.4) is 0 Å². The van der Waals surface area contributed by atoms with Crippen LogP contribution in [0.4, 0.5) is 4.79 Å². The van der Waals surface area contributed by atoms with Gasteiger partial charge in [0.15, 0.2) is 0 Å². The first-order valence-corrected chi connectivity index (χ1v) is 10.4. The lowest BCUT2D eigenvalue weighted by molar-refractivity contribution is 0.107. The Kier molecular flexibility index (Phi) is 5.38. The Bertz CT molecular complexity index is 1150. The maximum absolute atomic E-state index is 11.2. The second-order valence-corrected chi connectivity index (χ2v) is 8.22. The van der Waals surface area contributed by atoms with E-state index in [0.717, 1.165) is 38.7 Å². The standard InChI is InChI=1S/C22H20N4O3S/c1-12(2)28-18-8-6-13(10-14(18)11-23)20-25-26-21(30-20)17-5-3-4-16-15(17)7-9-19(16)29-22(24)27/h3-6,8,10,12,19H,7,9H2,1-2H3,(H2,24,27).